The first-order valence-electron chi connectivity index (χ1n) is 9.81. The number of anilines is 1. The largest absolute Gasteiger partial charge is 0.358 e. The van der Waals surface area contributed by atoms with E-state index in [0.717, 1.165) is 18.2 Å². The monoisotopic (exact) mass is 433 g/mol. The van der Waals surface area contributed by atoms with Gasteiger partial charge in [-0.3, -0.25) is 9.36 Å². The highest BCUT2D eigenvalue weighted by molar-refractivity contribution is 5.83. The summed E-state index contributed by atoms with van der Waals surface area (Å²) in [6.07, 6.45) is 2.86. The van der Waals surface area contributed by atoms with E-state index in [0.29, 0.717) is 33.4 Å². The van der Waals surface area contributed by atoms with Crippen LogP contribution in [0.15, 0.2) is 53.8 Å². The number of hydrogen-bond donors (Lipinski definition) is 2. The molecular weight excluding hydrogens is 416 g/mol. The molecule has 0 saturated carbocycles. The number of rotatable bonds is 4. The van der Waals surface area contributed by atoms with Crippen molar-refractivity contribution in [2.75, 3.05) is 5.32 Å². The lowest BCUT2D eigenvalue weighted by molar-refractivity contribution is 0.579. The van der Waals surface area contributed by atoms with Crippen molar-refractivity contribution in [1.29, 1.82) is 0 Å². The Kier molecular flexibility index (Phi) is 4.62. The molecule has 5 rings (SSSR count). The number of halogens is 2. The molecule has 0 saturated heterocycles. The number of fused-ring (bicyclic) bond motifs is 2. The molecule has 0 aliphatic rings. The average Bonchev–Trinajstić information content (AvgIpc) is 3.22. The first-order valence-corrected chi connectivity index (χ1v) is 9.81. The minimum absolute atomic E-state index is 0.0446. The maximum atomic E-state index is 14.0. The molecule has 1 atom stereocenters. The maximum absolute atomic E-state index is 14.0. The predicted molar refractivity (Wildman–Crippen MR) is 116 cm³/mol. The molecule has 32 heavy (non-hydrogen) atoms. The van der Waals surface area contributed by atoms with Gasteiger partial charge in [-0.2, -0.15) is 0 Å². The van der Waals surface area contributed by atoms with Crippen molar-refractivity contribution in [3.8, 4) is 5.69 Å². The fourth-order valence-corrected chi connectivity index (χ4v) is 3.77. The predicted octanol–water partition coefficient (Wildman–Crippen LogP) is 3.81. The minimum atomic E-state index is -0.793. The first kappa shape index (κ1) is 19.7. The van der Waals surface area contributed by atoms with Crippen LogP contribution >= 0.6 is 0 Å². The van der Waals surface area contributed by atoms with Crippen molar-refractivity contribution in [2.24, 2.45) is 0 Å². The van der Waals surface area contributed by atoms with Gasteiger partial charge in [0.2, 0.25) is 0 Å². The van der Waals surface area contributed by atoms with Gasteiger partial charge < -0.3 is 10.3 Å². The zero-order chi connectivity index (χ0) is 22.4. The fraction of sp³-hybridized carbons (Fsp3) is 0.136. The Hall–Kier alpha value is -4.21. The van der Waals surface area contributed by atoms with Crippen LogP contribution in [0.25, 0.3) is 27.8 Å². The van der Waals surface area contributed by atoms with Gasteiger partial charge in [-0.1, -0.05) is 12.1 Å². The molecule has 0 aliphatic carbocycles. The van der Waals surface area contributed by atoms with Crippen LogP contribution in [0.2, 0.25) is 0 Å². The van der Waals surface area contributed by atoms with Crippen LogP contribution in [0, 0.1) is 18.6 Å². The van der Waals surface area contributed by atoms with Crippen molar-refractivity contribution in [3.63, 3.8) is 0 Å². The van der Waals surface area contributed by atoms with Gasteiger partial charge in [0.05, 0.1) is 29.0 Å². The molecule has 2 aromatic carbocycles. The molecule has 8 nitrogen and oxygen atoms in total. The Morgan fingerprint density at radius 2 is 1.88 bits per heavy atom. The molecule has 10 heteroatoms. The maximum Gasteiger partial charge on any atom is 0.266 e. The smallest absolute Gasteiger partial charge is 0.266 e. The van der Waals surface area contributed by atoms with E-state index in [1.54, 1.807) is 32.0 Å². The summed E-state index contributed by atoms with van der Waals surface area (Å²) in [6.45, 7) is 3.57. The molecule has 0 radical (unpaired) electrons. The second kappa shape index (κ2) is 7.49. The third-order valence-corrected chi connectivity index (χ3v) is 5.20. The number of aryl methyl sites for hydroxylation is 1. The Bertz CT molecular complexity index is 1520. The number of nitrogens with one attached hydrogen (secondary N) is 2. The fourth-order valence-electron chi connectivity index (χ4n) is 3.77. The molecule has 0 unspecified atom stereocenters. The van der Waals surface area contributed by atoms with Gasteiger partial charge in [0, 0.05) is 6.07 Å². The number of imidazole rings is 1. The van der Waals surface area contributed by atoms with Crippen LogP contribution < -0.4 is 10.9 Å². The molecule has 5 aromatic rings. The van der Waals surface area contributed by atoms with Gasteiger partial charge >= 0.3 is 0 Å². The van der Waals surface area contributed by atoms with Crippen molar-refractivity contribution in [1.82, 2.24) is 29.5 Å². The second-order valence-corrected chi connectivity index (χ2v) is 7.40. The lowest BCUT2D eigenvalue weighted by Gasteiger charge is -2.20. The Morgan fingerprint density at radius 1 is 1.09 bits per heavy atom. The number of nitrogens with zero attached hydrogens (tertiary/aromatic N) is 5. The lowest BCUT2D eigenvalue weighted by Crippen LogP contribution is -2.28. The van der Waals surface area contributed by atoms with Crippen LogP contribution in [0.5, 0.6) is 0 Å². The van der Waals surface area contributed by atoms with Crippen LogP contribution in [0.4, 0.5) is 14.6 Å². The van der Waals surface area contributed by atoms with E-state index < -0.39 is 23.2 Å². The van der Waals surface area contributed by atoms with Gasteiger partial charge in [-0.25, -0.2) is 28.7 Å². The third kappa shape index (κ3) is 3.25. The second-order valence-electron chi connectivity index (χ2n) is 7.40. The van der Waals surface area contributed by atoms with E-state index >= 15 is 0 Å². The Morgan fingerprint density at radius 3 is 2.66 bits per heavy atom. The summed E-state index contributed by atoms with van der Waals surface area (Å²) < 4.78 is 29.3. The number of aromatic nitrogens is 6. The molecule has 2 N–H and O–H groups in total. The molecule has 0 spiro atoms. The molecule has 3 heterocycles. The minimum Gasteiger partial charge on any atom is -0.358 e. The number of hydrogen-bond acceptors (Lipinski definition) is 6. The summed E-state index contributed by atoms with van der Waals surface area (Å²) in [7, 11) is 0. The molecule has 3 aromatic heterocycles. The van der Waals surface area contributed by atoms with Crippen LogP contribution in [0.3, 0.4) is 0 Å². The van der Waals surface area contributed by atoms with E-state index in [9.17, 15) is 13.6 Å². The normalized spacial score (nSPS) is 12.4. The third-order valence-electron chi connectivity index (χ3n) is 5.20. The van der Waals surface area contributed by atoms with E-state index in [1.807, 2.05) is 0 Å². The van der Waals surface area contributed by atoms with Gasteiger partial charge in [-0.15, -0.1) is 0 Å². The molecule has 0 fully saturated rings. The van der Waals surface area contributed by atoms with Crippen molar-refractivity contribution in [3.05, 3.63) is 82.4 Å². The summed E-state index contributed by atoms with van der Waals surface area (Å²) in [5.74, 6) is -0.864. The van der Waals surface area contributed by atoms with E-state index in [2.05, 4.69) is 30.2 Å². The van der Waals surface area contributed by atoms with E-state index in [1.165, 1.54) is 17.2 Å². The molecule has 160 valence electrons. The van der Waals surface area contributed by atoms with Gasteiger partial charge in [-0.05, 0) is 37.6 Å². The van der Waals surface area contributed by atoms with Crippen LogP contribution in [0.1, 0.15) is 24.4 Å². The zero-order valence-electron chi connectivity index (χ0n) is 17.1. The molecule has 0 bridgehead atoms. The SMILES string of the molecule is Cc1cccc2nc([C@H](C)Nc3ncnc4nc[nH]c34)n(-c3cc(F)cc(F)c3)c(=O)c12. The lowest BCUT2D eigenvalue weighted by atomic mass is 10.1. The Labute approximate surface area is 180 Å². The average molecular weight is 433 g/mol. The molecular formula is C22H17F2N7O. The number of H-pyrrole nitrogens is 1. The number of aromatic amines is 1. The first-order chi connectivity index (χ1) is 15.4. The van der Waals surface area contributed by atoms with E-state index in [-0.39, 0.29) is 11.5 Å². The molecule has 0 amide bonds. The molecule has 0 aliphatic heterocycles. The quantitative estimate of drug-likeness (QED) is 0.447. The van der Waals surface area contributed by atoms with Crippen molar-refractivity contribution in [2.45, 2.75) is 19.9 Å². The summed E-state index contributed by atoms with van der Waals surface area (Å²) in [6, 6.07) is 7.71. The summed E-state index contributed by atoms with van der Waals surface area (Å²) in [5.41, 5.74) is 1.89. The summed E-state index contributed by atoms with van der Waals surface area (Å²) >= 11 is 0. The van der Waals surface area contributed by atoms with Gasteiger partial charge in [0.25, 0.3) is 5.56 Å². The summed E-state index contributed by atoms with van der Waals surface area (Å²) in [4.78, 5) is 33.6. The van der Waals surface area contributed by atoms with E-state index in [4.69, 9.17) is 0 Å². The van der Waals surface area contributed by atoms with Crippen molar-refractivity contribution < 1.29 is 8.78 Å². The zero-order valence-corrected chi connectivity index (χ0v) is 17.1. The number of benzene rings is 2. The highest BCUT2D eigenvalue weighted by Gasteiger charge is 2.21. The van der Waals surface area contributed by atoms with Crippen LogP contribution in [-0.2, 0) is 0 Å². The standard InChI is InChI=1S/C22H17F2N7O/c1-11-4-3-5-16-17(11)22(32)31(15-7-13(23)6-14(24)8-15)21(30-16)12(2)29-20-18-19(26-9-25-18)27-10-28-20/h3-10,12H,1-2H3,(H2,25,26,27,28,29)/t12-/m0/s1. The highest BCUT2D eigenvalue weighted by Crippen LogP contribution is 2.25. The highest BCUT2D eigenvalue weighted by atomic mass is 19.1. The van der Waals surface area contributed by atoms with Gasteiger partial charge in [0.15, 0.2) is 11.5 Å². The van der Waals surface area contributed by atoms with Gasteiger partial charge in [0.1, 0.15) is 29.3 Å². The summed E-state index contributed by atoms with van der Waals surface area (Å²) in [5, 5.41) is 3.58. The Balaban J connectivity index is 1.74. The van der Waals surface area contributed by atoms with Crippen LogP contribution in [-0.4, -0.2) is 29.5 Å². The topological polar surface area (TPSA) is 101 Å². The van der Waals surface area contributed by atoms with Crippen molar-refractivity contribution >= 4 is 27.9 Å².